The van der Waals surface area contributed by atoms with Crippen LogP contribution < -0.4 is 10.9 Å². The van der Waals surface area contributed by atoms with Gasteiger partial charge >= 0.3 is 0 Å². The van der Waals surface area contributed by atoms with Crippen LogP contribution in [0.1, 0.15) is 12.5 Å². The molecule has 1 aliphatic rings. The molecule has 2 aromatic heterocycles. The fraction of sp³-hybridized carbons (Fsp3) is 0.278. The van der Waals surface area contributed by atoms with Crippen LogP contribution in [0.25, 0.3) is 10.9 Å². The minimum Gasteiger partial charge on any atom is -0.324 e. The van der Waals surface area contributed by atoms with Crippen molar-refractivity contribution in [1.29, 1.82) is 0 Å². The Kier molecular flexibility index (Phi) is 3.93. The molecule has 1 N–H and O–H groups in total. The average Bonchev–Trinajstić information content (AvgIpc) is 3.03. The Labute approximate surface area is 143 Å². The number of nitrogens with one attached hydrogen (secondary N) is 1. The maximum absolute atomic E-state index is 13.6. The summed E-state index contributed by atoms with van der Waals surface area (Å²) >= 11 is 0. The third kappa shape index (κ3) is 2.98. The fourth-order valence-corrected chi connectivity index (χ4v) is 3.29. The summed E-state index contributed by atoms with van der Waals surface area (Å²) in [4.78, 5) is 23.9. The Hall–Kier alpha value is -2.80. The average molecular weight is 339 g/mol. The second-order valence-corrected chi connectivity index (χ2v) is 6.34. The van der Waals surface area contributed by atoms with E-state index in [1.165, 1.54) is 18.2 Å². The number of halogens is 1. The van der Waals surface area contributed by atoms with Crippen molar-refractivity contribution in [3.8, 4) is 0 Å². The molecule has 7 heteroatoms. The maximum atomic E-state index is 13.6. The summed E-state index contributed by atoms with van der Waals surface area (Å²) in [5.74, 6) is 0.0202. The first kappa shape index (κ1) is 15.7. The molecule has 128 valence electrons. The molecule has 1 saturated heterocycles. The standard InChI is InChI=1S/C18H18FN5O/c1-23-8-6-14(11-23)24-17(25)15-9-12(19)4-5-16(15)22-18(24)21-13-3-2-7-20-10-13/h2-5,7,9-10,14H,6,8,11H2,1H3,(H,21,22)/t14-/m0/s1. The third-order valence-corrected chi connectivity index (χ3v) is 4.51. The van der Waals surface area contributed by atoms with Gasteiger partial charge in [0.15, 0.2) is 0 Å². The molecule has 0 radical (unpaired) electrons. The molecular weight excluding hydrogens is 321 g/mol. The topological polar surface area (TPSA) is 63.1 Å². The number of aromatic nitrogens is 3. The van der Waals surface area contributed by atoms with E-state index < -0.39 is 5.82 Å². The van der Waals surface area contributed by atoms with Crippen molar-refractivity contribution in [2.24, 2.45) is 0 Å². The zero-order valence-corrected chi connectivity index (χ0v) is 13.8. The lowest BCUT2D eigenvalue weighted by atomic mass is 10.2. The first-order valence-corrected chi connectivity index (χ1v) is 8.19. The highest BCUT2D eigenvalue weighted by molar-refractivity contribution is 5.79. The molecule has 0 bridgehead atoms. The van der Waals surface area contributed by atoms with Crippen molar-refractivity contribution in [3.05, 3.63) is 58.9 Å². The van der Waals surface area contributed by atoms with Crippen LogP contribution >= 0.6 is 0 Å². The monoisotopic (exact) mass is 339 g/mol. The van der Waals surface area contributed by atoms with Gasteiger partial charge in [0.1, 0.15) is 5.82 Å². The van der Waals surface area contributed by atoms with E-state index in [2.05, 4.69) is 20.2 Å². The van der Waals surface area contributed by atoms with Crippen LogP contribution in [0, 0.1) is 5.82 Å². The highest BCUT2D eigenvalue weighted by Gasteiger charge is 2.26. The predicted octanol–water partition coefficient (Wildman–Crippen LogP) is 2.55. The molecule has 4 rings (SSSR count). The molecule has 0 spiro atoms. The van der Waals surface area contributed by atoms with Gasteiger partial charge in [-0.05, 0) is 50.3 Å². The lowest BCUT2D eigenvalue weighted by Crippen LogP contribution is -2.29. The molecule has 1 fully saturated rings. The van der Waals surface area contributed by atoms with E-state index >= 15 is 0 Å². The van der Waals surface area contributed by atoms with Crippen molar-refractivity contribution < 1.29 is 4.39 Å². The quantitative estimate of drug-likeness (QED) is 0.794. The number of rotatable bonds is 3. The first-order valence-electron chi connectivity index (χ1n) is 8.19. The van der Waals surface area contributed by atoms with Crippen molar-refractivity contribution in [3.63, 3.8) is 0 Å². The molecule has 1 aromatic carbocycles. The Bertz CT molecular complexity index is 972. The summed E-state index contributed by atoms with van der Waals surface area (Å²) < 4.78 is 15.3. The predicted molar refractivity (Wildman–Crippen MR) is 94.6 cm³/mol. The van der Waals surface area contributed by atoms with Gasteiger partial charge in [0.05, 0.1) is 28.8 Å². The Morgan fingerprint density at radius 2 is 2.20 bits per heavy atom. The van der Waals surface area contributed by atoms with E-state index in [9.17, 15) is 9.18 Å². The Morgan fingerprint density at radius 1 is 1.32 bits per heavy atom. The molecule has 0 aliphatic carbocycles. The van der Waals surface area contributed by atoms with Crippen molar-refractivity contribution in [1.82, 2.24) is 19.4 Å². The van der Waals surface area contributed by atoms with Crippen LogP contribution in [0.4, 0.5) is 16.0 Å². The summed E-state index contributed by atoms with van der Waals surface area (Å²) in [6, 6.07) is 7.77. The third-order valence-electron chi connectivity index (χ3n) is 4.51. The molecule has 25 heavy (non-hydrogen) atoms. The number of hydrogen-bond donors (Lipinski definition) is 1. The van der Waals surface area contributed by atoms with Gasteiger partial charge in [-0.15, -0.1) is 0 Å². The molecule has 1 atom stereocenters. The van der Waals surface area contributed by atoms with Crippen LogP contribution in [0.2, 0.25) is 0 Å². The van der Waals surface area contributed by atoms with Crippen LogP contribution in [0.5, 0.6) is 0 Å². The largest absolute Gasteiger partial charge is 0.324 e. The summed E-state index contributed by atoms with van der Waals surface area (Å²) in [5.41, 5.74) is 0.993. The van der Waals surface area contributed by atoms with Gasteiger partial charge in [-0.2, -0.15) is 0 Å². The van der Waals surface area contributed by atoms with E-state index in [0.717, 1.165) is 25.2 Å². The Morgan fingerprint density at radius 3 is 2.92 bits per heavy atom. The lowest BCUT2D eigenvalue weighted by molar-refractivity contribution is 0.391. The minimum atomic E-state index is -0.436. The van der Waals surface area contributed by atoms with Gasteiger partial charge in [-0.25, -0.2) is 9.37 Å². The molecule has 0 unspecified atom stereocenters. The van der Waals surface area contributed by atoms with Gasteiger partial charge in [-0.1, -0.05) is 0 Å². The molecule has 0 amide bonds. The lowest BCUT2D eigenvalue weighted by Gasteiger charge is -2.20. The fourth-order valence-electron chi connectivity index (χ4n) is 3.29. The number of fused-ring (bicyclic) bond motifs is 1. The van der Waals surface area contributed by atoms with Crippen LogP contribution in [-0.2, 0) is 0 Å². The van der Waals surface area contributed by atoms with Crippen LogP contribution in [0.15, 0.2) is 47.5 Å². The summed E-state index contributed by atoms with van der Waals surface area (Å²) in [6.45, 7) is 1.66. The molecule has 3 heterocycles. The first-order chi connectivity index (χ1) is 12.1. The summed E-state index contributed by atoms with van der Waals surface area (Å²) in [6.07, 6.45) is 4.20. The highest BCUT2D eigenvalue weighted by Crippen LogP contribution is 2.25. The zero-order valence-electron chi connectivity index (χ0n) is 13.8. The maximum Gasteiger partial charge on any atom is 0.263 e. The molecular formula is C18H18FN5O. The van der Waals surface area contributed by atoms with Gasteiger partial charge in [0, 0.05) is 12.7 Å². The van der Waals surface area contributed by atoms with E-state index in [4.69, 9.17) is 0 Å². The summed E-state index contributed by atoms with van der Waals surface area (Å²) in [5, 5.41) is 3.49. The van der Waals surface area contributed by atoms with E-state index in [0.29, 0.717) is 16.9 Å². The van der Waals surface area contributed by atoms with Crippen LogP contribution in [0.3, 0.4) is 0 Å². The van der Waals surface area contributed by atoms with Gasteiger partial charge in [-0.3, -0.25) is 14.3 Å². The number of benzene rings is 1. The number of likely N-dealkylation sites (tertiary alicyclic amines) is 1. The zero-order chi connectivity index (χ0) is 17.4. The molecule has 3 aromatic rings. The SMILES string of the molecule is CN1CC[C@H](n2c(Nc3cccnc3)nc3ccc(F)cc3c2=O)C1. The Balaban J connectivity index is 1.89. The minimum absolute atomic E-state index is 0.00293. The second kappa shape index (κ2) is 6.25. The van der Waals surface area contributed by atoms with E-state index in [1.54, 1.807) is 17.0 Å². The van der Waals surface area contributed by atoms with E-state index in [1.807, 2.05) is 19.2 Å². The van der Waals surface area contributed by atoms with Crippen molar-refractivity contribution >= 4 is 22.5 Å². The number of nitrogens with zero attached hydrogens (tertiary/aromatic N) is 4. The number of hydrogen-bond acceptors (Lipinski definition) is 5. The van der Waals surface area contributed by atoms with Crippen molar-refractivity contribution in [2.75, 3.05) is 25.5 Å². The van der Waals surface area contributed by atoms with Gasteiger partial charge in [0.25, 0.3) is 5.56 Å². The molecule has 1 aliphatic heterocycles. The number of anilines is 2. The molecule has 0 saturated carbocycles. The van der Waals surface area contributed by atoms with Crippen LogP contribution in [-0.4, -0.2) is 39.6 Å². The smallest absolute Gasteiger partial charge is 0.263 e. The number of pyridine rings is 1. The van der Waals surface area contributed by atoms with E-state index in [-0.39, 0.29) is 11.6 Å². The normalized spacial score (nSPS) is 17.9. The summed E-state index contributed by atoms with van der Waals surface area (Å²) in [7, 11) is 2.02. The second-order valence-electron chi connectivity index (χ2n) is 6.34. The van der Waals surface area contributed by atoms with Gasteiger partial charge in [0.2, 0.25) is 5.95 Å². The van der Waals surface area contributed by atoms with Gasteiger partial charge < -0.3 is 10.2 Å². The highest BCUT2D eigenvalue weighted by atomic mass is 19.1. The molecule has 6 nitrogen and oxygen atoms in total. The van der Waals surface area contributed by atoms with Crippen molar-refractivity contribution in [2.45, 2.75) is 12.5 Å². The number of likely N-dealkylation sites (N-methyl/N-ethyl adjacent to an activating group) is 1.